The molecule has 0 radical (unpaired) electrons. The highest BCUT2D eigenvalue weighted by Gasteiger charge is 2.46. The molecule has 2 heterocycles. The van der Waals surface area contributed by atoms with Crippen molar-refractivity contribution < 1.29 is 9.50 Å². The maximum absolute atomic E-state index is 14.6. The third-order valence-corrected chi connectivity index (χ3v) is 8.12. The number of nitrogens with zero attached hydrogens (tertiary/aromatic N) is 3. The molecule has 2 aliphatic carbocycles. The smallest absolute Gasteiger partial charge is 0.147 e. The van der Waals surface area contributed by atoms with Crippen molar-refractivity contribution in [3.8, 4) is 11.4 Å². The van der Waals surface area contributed by atoms with Crippen LogP contribution >= 0.6 is 0 Å². The average Bonchev–Trinajstić information content (AvgIpc) is 3.52. The van der Waals surface area contributed by atoms with Crippen molar-refractivity contribution in [2.24, 2.45) is 11.3 Å². The Bertz CT molecular complexity index is 1400. The molecule has 1 fully saturated rings. The van der Waals surface area contributed by atoms with E-state index in [0.29, 0.717) is 5.69 Å². The highest BCUT2D eigenvalue weighted by Crippen LogP contribution is 2.54. The summed E-state index contributed by atoms with van der Waals surface area (Å²) in [5.74, 6) is -0.250. The van der Waals surface area contributed by atoms with Gasteiger partial charge in [0.25, 0.3) is 0 Å². The normalized spacial score (nSPS) is 22.3. The number of benzene rings is 2. The van der Waals surface area contributed by atoms with E-state index in [4.69, 9.17) is 5.10 Å². The summed E-state index contributed by atoms with van der Waals surface area (Å²) in [5, 5.41) is 16.4. The summed E-state index contributed by atoms with van der Waals surface area (Å²) in [6.45, 7) is 4.38. The number of fused-ring (bicyclic) bond motifs is 2. The summed E-state index contributed by atoms with van der Waals surface area (Å²) in [4.78, 5) is 0. The molecule has 2 aliphatic rings. The lowest BCUT2D eigenvalue weighted by atomic mass is 9.57. The lowest BCUT2D eigenvalue weighted by Crippen LogP contribution is -2.40. The number of rotatable bonds is 4. The Labute approximate surface area is 205 Å². The standard InChI is InChI=1S/C30H30FN3O/c1-20-8-11-24(12-9-20)34-27-17-23-6-5-7-25(30(23,2)18-22(27)19-32-34)29(35)21-10-13-26(31)28(16-21)33-14-3-4-15-33/h3-4,8-17,19,25,29,35H,5-7,18H2,1-2H3/t25-,29+,30+/m1/s1. The lowest BCUT2D eigenvalue weighted by Gasteiger charge is -2.47. The Morgan fingerprint density at radius 1 is 1.11 bits per heavy atom. The van der Waals surface area contributed by atoms with Crippen LogP contribution in [0, 0.1) is 24.1 Å². The summed E-state index contributed by atoms with van der Waals surface area (Å²) in [5.41, 5.74) is 7.09. The molecule has 4 nitrogen and oxygen atoms in total. The molecule has 0 aliphatic heterocycles. The fraction of sp³-hybridized carbons (Fsp3) is 0.300. The molecule has 3 atom stereocenters. The molecule has 0 saturated heterocycles. The predicted octanol–water partition coefficient (Wildman–Crippen LogP) is 6.59. The van der Waals surface area contributed by atoms with Gasteiger partial charge >= 0.3 is 0 Å². The topological polar surface area (TPSA) is 43.0 Å². The Balaban J connectivity index is 1.35. The summed E-state index contributed by atoms with van der Waals surface area (Å²) >= 11 is 0. The van der Waals surface area contributed by atoms with Gasteiger partial charge in [-0.3, -0.25) is 0 Å². The second kappa shape index (κ2) is 8.35. The first-order chi connectivity index (χ1) is 16.9. The summed E-state index contributed by atoms with van der Waals surface area (Å²) in [7, 11) is 0. The fourth-order valence-corrected chi connectivity index (χ4v) is 6.12. The van der Waals surface area contributed by atoms with Gasteiger partial charge < -0.3 is 9.67 Å². The van der Waals surface area contributed by atoms with Crippen LogP contribution in [-0.2, 0) is 6.42 Å². The summed E-state index contributed by atoms with van der Waals surface area (Å²) < 4.78 is 18.4. The van der Waals surface area contributed by atoms with E-state index in [1.807, 2.05) is 35.4 Å². The first-order valence-electron chi connectivity index (χ1n) is 12.4. The van der Waals surface area contributed by atoms with Gasteiger partial charge in [0.15, 0.2) is 0 Å². The highest BCUT2D eigenvalue weighted by molar-refractivity contribution is 5.61. The molecule has 178 valence electrons. The van der Waals surface area contributed by atoms with E-state index in [1.165, 1.54) is 22.8 Å². The molecule has 4 aromatic rings. The van der Waals surface area contributed by atoms with Gasteiger partial charge in [-0.05, 0) is 97.5 Å². The van der Waals surface area contributed by atoms with Crippen molar-refractivity contribution in [3.63, 3.8) is 0 Å². The zero-order chi connectivity index (χ0) is 24.2. The first kappa shape index (κ1) is 22.1. The van der Waals surface area contributed by atoms with Crippen molar-refractivity contribution in [3.05, 3.63) is 107 Å². The molecule has 2 aromatic carbocycles. The van der Waals surface area contributed by atoms with Gasteiger partial charge in [-0.2, -0.15) is 5.10 Å². The minimum absolute atomic E-state index is 0.0429. The zero-order valence-electron chi connectivity index (χ0n) is 20.2. The van der Waals surface area contributed by atoms with Gasteiger partial charge in [0.2, 0.25) is 0 Å². The number of hydrogen-bond donors (Lipinski definition) is 1. The van der Waals surface area contributed by atoms with Crippen LogP contribution in [0.15, 0.2) is 78.8 Å². The summed E-state index contributed by atoms with van der Waals surface area (Å²) in [6, 6.07) is 17.2. The minimum Gasteiger partial charge on any atom is -0.388 e. The van der Waals surface area contributed by atoms with E-state index < -0.39 is 6.10 Å². The van der Waals surface area contributed by atoms with E-state index >= 15 is 0 Å². The molecule has 0 bridgehead atoms. The molecule has 1 N–H and O–H groups in total. The number of aryl methyl sites for hydroxylation is 1. The van der Waals surface area contributed by atoms with Crippen molar-refractivity contribution >= 4 is 6.08 Å². The Morgan fingerprint density at radius 2 is 1.89 bits per heavy atom. The van der Waals surface area contributed by atoms with Crippen molar-refractivity contribution in [2.75, 3.05) is 0 Å². The number of aliphatic hydroxyl groups is 1. The molecule has 0 unspecified atom stereocenters. The van der Waals surface area contributed by atoms with Crippen LogP contribution in [0.25, 0.3) is 17.5 Å². The third kappa shape index (κ3) is 3.66. The molecule has 5 heteroatoms. The quantitative estimate of drug-likeness (QED) is 0.368. The minimum atomic E-state index is -0.674. The van der Waals surface area contributed by atoms with Crippen LogP contribution in [0.1, 0.15) is 54.7 Å². The zero-order valence-corrected chi connectivity index (χ0v) is 20.2. The number of halogens is 1. The highest BCUT2D eigenvalue weighted by atomic mass is 19.1. The monoisotopic (exact) mass is 467 g/mol. The van der Waals surface area contributed by atoms with E-state index in [2.05, 4.69) is 44.2 Å². The molecular formula is C30H30FN3O. The molecule has 6 rings (SSSR count). The average molecular weight is 468 g/mol. The van der Waals surface area contributed by atoms with Crippen LogP contribution in [0.3, 0.4) is 0 Å². The van der Waals surface area contributed by atoms with Crippen LogP contribution in [-0.4, -0.2) is 19.5 Å². The van der Waals surface area contributed by atoms with Gasteiger partial charge in [-0.25, -0.2) is 9.07 Å². The predicted molar refractivity (Wildman–Crippen MR) is 136 cm³/mol. The van der Waals surface area contributed by atoms with Crippen molar-refractivity contribution in [1.82, 2.24) is 14.3 Å². The van der Waals surface area contributed by atoms with Gasteiger partial charge in [0.05, 0.1) is 29.4 Å². The molecule has 35 heavy (non-hydrogen) atoms. The van der Waals surface area contributed by atoms with Crippen molar-refractivity contribution in [1.29, 1.82) is 0 Å². The van der Waals surface area contributed by atoms with Gasteiger partial charge in [0, 0.05) is 12.4 Å². The summed E-state index contributed by atoms with van der Waals surface area (Å²) in [6.07, 6.45) is 11.1. The number of allylic oxidation sites excluding steroid dienone is 1. The van der Waals surface area contributed by atoms with Gasteiger partial charge in [0.1, 0.15) is 5.82 Å². The molecule has 0 spiro atoms. The fourth-order valence-electron chi connectivity index (χ4n) is 6.12. The molecule has 0 amide bonds. The number of hydrogen-bond acceptors (Lipinski definition) is 2. The van der Waals surface area contributed by atoms with Crippen molar-refractivity contribution in [2.45, 2.75) is 45.6 Å². The number of aliphatic hydroxyl groups excluding tert-OH is 1. The Morgan fingerprint density at radius 3 is 2.66 bits per heavy atom. The number of aromatic nitrogens is 3. The maximum atomic E-state index is 14.6. The van der Waals surface area contributed by atoms with Crippen LogP contribution < -0.4 is 0 Å². The third-order valence-electron chi connectivity index (χ3n) is 8.12. The van der Waals surface area contributed by atoms with E-state index in [1.54, 1.807) is 16.7 Å². The molecule has 2 aromatic heterocycles. The lowest BCUT2D eigenvalue weighted by molar-refractivity contribution is 0.0216. The Kier molecular flexibility index (Phi) is 5.26. The van der Waals surface area contributed by atoms with E-state index in [9.17, 15) is 9.50 Å². The second-order valence-corrected chi connectivity index (χ2v) is 10.3. The molecular weight excluding hydrogens is 437 g/mol. The second-order valence-electron chi connectivity index (χ2n) is 10.3. The van der Waals surface area contributed by atoms with E-state index in [0.717, 1.165) is 42.6 Å². The first-order valence-corrected chi connectivity index (χ1v) is 12.4. The van der Waals surface area contributed by atoms with Gasteiger partial charge in [-0.15, -0.1) is 0 Å². The molecule has 1 saturated carbocycles. The van der Waals surface area contributed by atoms with E-state index in [-0.39, 0.29) is 17.2 Å². The maximum Gasteiger partial charge on any atom is 0.147 e. The largest absolute Gasteiger partial charge is 0.388 e. The van der Waals surface area contributed by atoms with Crippen LogP contribution in [0.4, 0.5) is 4.39 Å². The van der Waals surface area contributed by atoms with Gasteiger partial charge in [-0.1, -0.05) is 36.3 Å². The Hall–Kier alpha value is -3.44. The SMILES string of the molecule is Cc1ccc(-n2ncc3c2C=C2CCC[C@H]([C@@H](O)c4ccc(F)c(-n5cccc5)c4)[C@@]2(C)C3)cc1. The van der Waals surface area contributed by atoms with Crippen LogP contribution in [0.5, 0.6) is 0 Å². The van der Waals surface area contributed by atoms with Crippen LogP contribution in [0.2, 0.25) is 0 Å².